The molecule has 1 aliphatic rings. The summed E-state index contributed by atoms with van der Waals surface area (Å²) in [4.78, 5) is 18.9. The summed E-state index contributed by atoms with van der Waals surface area (Å²) in [5.74, 6) is 0.674. The number of nitrogens with two attached hydrogens (primary N) is 1. The summed E-state index contributed by atoms with van der Waals surface area (Å²) < 4.78 is 23.6. The van der Waals surface area contributed by atoms with Gasteiger partial charge in [0.25, 0.3) is 5.69 Å². The standard InChI is InChI=1S/C16H19N5O4S/c1-12-13(21(22)23)6-7-16(18-12)20-10-8-19(9-11-20)14-4-2-3-5-15(14)26(17,24)25/h2-7H,8-11H2,1H3,(H2,17,24,25). The lowest BCUT2D eigenvalue weighted by atomic mass is 10.2. The first-order valence-corrected chi connectivity index (χ1v) is 9.56. The Kier molecular flexibility index (Phi) is 4.79. The van der Waals surface area contributed by atoms with Crippen molar-refractivity contribution in [1.82, 2.24) is 4.98 Å². The van der Waals surface area contributed by atoms with E-state index in [1.165, 1.54) is 12.1 Å². The number of aryl methyl sites for hydroxylation is 1. The smallest absolute Gasteiger partial charge is 0.290 e. The fraction of sp³-hybridized carbons (Fsp3) is 0.312. The number of anilines is 2. The molecular weight excluding hydrogens is 358 g/mol. The number of nitro groups is 1. The lowest BCUT2D eigenvalue weighted by molar-refractivity contribution is -0.385. The van der Waals surface area contributed by atoms with Crippen LogP contribution >= 0.6 is 0 Å². The predicted molar refractivity (Wildman–Crippen MR) is 97.9 cm³/mol. The molecule has 0 bridgehead atoms. The average molecular weight is 377 g/mol. The largest absolute Gasteiger partial charge is 0.367 e. The summed E-state index contributed by atoms with van der Waals surface area (Å²) in [5.41, 5.74) is 0.950. The summed E-state index contributed by atoms with van der Waals surface area (Å²) >= 11 is 0. The van der Waals surface area contributed by atoms with Crippen LogP contribution in [0.25, 0.3) is 0 Å². The van der Waals surface area contributed by atoms with Gasteiger partial charge in [0.2, 0.25) is 10.0 Å². The topological polar surface area (TPSA) is 123 Å². The van der Waals surface area contributed by atoms with Crippen LogP contribution in [0.1, 0.15) is 5.69 Å². The Balaban J connectivity index is 1.77. The normalized spacial score (nSPS) is 15.2. The number of aromatic nitrogens is 1. The van der Waals surface area contributed by atoms with Gasteiger partial charge in [-0.2, -0.15) is 0 Å². The highest BCUT2D eigenvalue weighted by molar-refractivity contribution is 7.89. The molecule has 0 unspecified atom stereocenters. The number of para-hydroxylation sites is 1. The van der Waals surface area contributed by atoms with Crippen LogP contribution in [0.3, 0.4) is 0 Å². The summed E-state index contributed by atoms with van der Waals surface area (Å²) in [6, 6.07) is 9.75. The van der Waals surface area contributed by atoms with Crippen LogP contribution in [0.15, 0.2) is 41.3 Å². The van der Waals surface area contributed by atoms with Crippen molar-refractivity contribution in [2.45, 2.75) is 11.8 Å². The third-order valence-electron chi connectivity index (χ3n) is 4.36. The highest BCUT2D eigenvalue weighted by Crippen LogP contribution is 2.27. The van der Waals surface area contributed by atoms with Crippen LogP contribution in [0.4, 0.5) is 17.2 Å². The number of piperazine rings is 1. The lowest BCUT2D eigenvalue weighted by Crippen LogP contribution is -2.47. The zero-order valence-electron chi connectivity index (χ0n) is 14.2. The van der Waals surface area contributed by atoms with Crippen LogP contribution in [0, 0.1) is 17.0 Å². The first-order chi connectivity index (χ1) is 12.3. The van der Waals surface area contributed by atoms with Gasteiger partial charge in [-0.25, -0.2) is 18.5 Å². The quantitative estimate of drug-likeness (QED) is 0.629. The van der Waals surface area contributed by atoms with Crippen LogP contribution in [0.5, 0.6) is 0 Å². The number of hydrogen-bond acceptors (Lipinski definition) is 7. The molecule has 2 N–H and O–H groups in total. The number of primary sulfonamides is 1. The van der Waals surface area contributed by atoms with Crippen LogP contribution in [-0.4, -0.2) is 44.5 Å². The maximum absolute atomic E-state index is 11.8. The lowest BCUT2D eigenvalue weighted by Gasteiger charge is -2.37. The second-order valence-electron chi connectivity index (χ2n) is 6.02. The molecule has 0 atom stereocenters. The fourth-order valence-corrected chi connectivity index (χ4v) is 3.80. The van der Waals surface area contributed by atoms with E-state index in [4.69, 9.17) is 5.14 Å². The highest BCUT2D eigenvalue weighted by atomic mass is 32.2. The fourth-order valence-electron chi connectivity index (χ4n) is 3.04. The number of hydrogen-bond donors (Lipinski definition) is 1. The van der Waals surface area contributed by atoms with Gasteiger partial charge in [-0.15, -0.1) is 0 Å². The van der Waals surface area contributed by atoms with Gasteiger partial charge in [-0.1, -0.05) is 12.1 Å². The SMILES string of the molecule is Cc1nc(N2CCN(c3ccccc3S(N)(=O)=O)CC2)ccc1[N+](=O)[O-]. The monoisotopic (exact) mass is 377 g/mol. The zero-order valence-corrected chi connectivity index (χ0v) is 15.0. The summed E-state index contributed by atoms with van der Waals surface area (Å²) in [5, 5.41) is 16.2. The Labute approximate surface area is 151 Å². The van der Waals surface area contributed by atoms with Crippen molar-refractivity contribution < 1.29 is 13.3 Å². The Morgan fingerprint density at radius 2 is 1.69 bits per heavy atom. The van der Waals surface area contributed by atoms with Crippen molar-refractivity contribution in [2.75, 3.05) is 36.0 Å². The van der Waals surface area contributed by atoms with Gasteiger partial charge >= 0.3 is 0 Å². The van der Waals surface area contributed by atoms with E-state index in [9.17, 15) is 18.5 Å². The van der Waals surface area contributed by atoms with Gasteiger partial charge in [0.15, 0.2) is 0 Å². The molecule has 1 saturated heterocycles. The third kappa shape index (κ3) is 3.60. The van der Waals surface area contributed by atoms with Crippen molar-refractivity contribution in [3.8, 4) is 0 Å². The summed E-state index contributed by atoms with van der Waals surface area (Å²) in [6.07, 6.45) is 0. The molecule has 138 valence electrons. The maximum atomic E-state index is 11.8. The molecule has 2 heterocycles. The number of nitrogens with zero attached hydrogens (tertiary/aromatic N) is 4. The van der Waals surface area contributed by atoms with Crippen molar-refractivity contribution in [2.24, 2.45) is 5.14 Å². The molecule has 0 saturated carbocycles. The Morgan fingerprint density at radius 1 is 1.08 bits per heavy atom. The molecule has 0 radical (unpaired) electrons. The van der Waals surface area contributed by atoms with Gasteiger partial charge in [-0.05, 0) is 25.1 Å². The number of rotatable bonds is 4. The molecule has 1 aliphatic heterocycles. The van der Waals surface area contributed by atoms with Gasteiger partial charge in [0.1, 0.15) is 16.4 Å². The second-order valence-corrected chi connectivity index (χ2v) is 7.55. The molecule has 9 nitrogen and oxygen atoms in total. The van der Waals surface area contributed by atoms with E-state index < -0.39 is 14.9 Å². The minimum Gasteiger partial charge on any atom is -0.367 e. The molecule has 0 spiro atoms. The van der Waals surface area contributed by atoms with E-state index in [0.29, 0.717) is 43.4 Å². The zero-order chi connectivity index (χ0) is 18.9. The number of pyridine rings is 1. The van der Waals surface area contributed by atoms with E-state index in [-0.39, 0.29) is 10.6 Å². The Morgan fingerprint density at radius 3 is 2.27 bits per heavy atom. The molecule has 1 fully saturated rings. The minimum atomic E-state index is -3.80. The number of benzene rings is 1. The van der Waals surface area contributed by atoms with Crippen molar-refractivity contribution in [3.63, 3.8) is 0 Å². The molecule has 1 aromatic heterocycles. The molecule has 1 aromatic carbocycles. The van der Waals surface area contributed by atoms with E-state index in [1.54, 1.807) is 31.2 Å². The molecule has 2 aromatic rings. The van der Waals surface area contributed by atoms with E-state index in [1.807, 2.05) is 9.80 Å². The molecule has 26 heavy (non-hydrogen) atoms. The van der Waals surface area contributed by atoms with Gasteiger partial charge in [-0.3, -0.25) is 10.1 Å². The second kappa shape index (κ2) is 6.89. The predicted octanol–water partition coefficient (Wildman–Crippen LogP) is 1.27. The molecular formula is C16H19N5O4S. The van der Waals surface area contributed by atoms with E-state index in [2.05, 4.69) is 4.98 Å². The summed E-state index contributed by atoms with van der Waals surface area (Å²) in [7, 11) is -3.80. The first-order valence-electron chi connectivity index (χ1n) is 8.01. The van der Waals surface area contributed by atoms with Gasteiger partial charge in [0, 0.05) is 32.2 Å². The van der Waals surface area contributed by atoms with Crippen LogP contribution < -0.4 is 14.9 Å². The highest BCUT2D eigenvalue weighted by Gasteiger charge is 2.24. The molecule has 10 heteroatoms. The van der Waals surface area contributed by atoms with E-state index >= 15 is 0 Å². The van der Waals surface area contributed by atoms with Crippen LogP contribution in [0.2, 0.25) is 0 Å². The number of sulfonamides is 1. The van der Waals surface area contributed by atoms with Crippen molar-refractivity contribution >= 4 is 27.2 Å². The first kappa shape index (κ1) is 18.1. The van der Waals surface area contributed by atoms with Gasteiger partial charge in [0.05, 0.1) is 10.6 Å². The average Bonchev–Trinajstić information content (AvgIpc) is 2.61. The third-order valence-corrected chi connectivity index (χ3v) is 5.31. The molecule has 3 rings (SSSR count). The van der Waals surface area contributed by atoms with Crippen molar-refractivity contribution in [3.05, 3.63) is 52.2 Å². The Hall–Kier alpha value is -2.72. The maximum Gasteiger partial charge on any atom is 0.290 e. The molecule has 0 amide bonds. The van der Waals surface area contributed by atoms with Crippen molar-refractivity contribution in [1.29, 1.82) is 0 Å². The van der Waals surface area contributed by atoms with Gasteiger partial charge < -0.3 is 9.80 Å². The Bertz CT molecular complexity index is 939. The summed E-state index contributed by atoms with van der Waals surface area (Å²) in [6.45, 7) is 4.02. The van der Waals surface area contributed by atoms with E-state index in [0.717, 1.165) is 0 Å². The van der Waals surface area contributed by atoms with Crippen LogP contribution in [-0.2, 0) is 10.0 Å². The molecule has 0 aliphatic carbocycles. The minimum absolute atomic E-state index is 0.00512.